The van der Waals surface area contributed by atoms with Gasteiger partial charge >= 0.3 is 5.51 Å². The molecule has 0 fully saturated rings. The van der Waals surface area contributed by atoms with E-state index in [1.54, 1.807) is 0 Å². The van der Waals surface area contributed by atoms with Crippen LogP contribution < -0.4 is 5.32 Å². The largest absolute Gasteiger partial charge is 0.501 e. The fourth-order valence-electron chi connectivity index (χ4n) is 1.74. The van der Waals surface area contributed by atoms with Gasteiger partial charge in [0, 0.05) is 13.2 Å². The lowest BCUT2D eigenvalue weighted by Crippen LogP contribution is -2.24. The highest BCUT2D eigenvalue weighted by molar-refractivity contribution is 7.92. The Hall–Kier alpha value is -1.28. The molecule has 0 aliphatic heterocycles. The zero-order chi connectivity index (χ0) is 16.1. The third-order valence-corrected chi connectivity index (χ3v) is 4.53. The molecule has 0 heterocycles. The fourth-order valence-corrected chi connectivity index (χ4v) is 2.67. The van der Waals surface area contributed by atoms with Gasteiger partial charge in [0.15, 0.2) is 0 Å². The summed E-state index contributed by atoms with van der Waals surface area (Å²) >= 11 is 0. The molecule has 1 aromatic rings. The molecule has 0 radical (unpaired) electrons. The van der Waals surface area contributed by atoms with Gasteiger partial charge < -0.3 is 10.4 Å². The topological polar surface area (TPSA) is 66.4 Å². The van der Waals surface area contributed by atoms with E-state index in [1.165, 1.54) is 18.2 Å². The molecular formula is C13H18F3NO3S. The Morgan fingerprint density at radius 2 is 1.90 bits per heavy atom. The van der Waals surface area contributed by atoms with Crippen molar-refractivity contribution in [3.63, 3.8) is 0 Å². The van der Waals surface area contributed by atoms with Crippen LogP contribution in [0.15, 0.2) is 29.2 Å². The van der Waals surface area contributed by atoms with Crippen LogP contribution in [0, 0.1) is 5.92 Å². The van der Waals surface area contributed by atoms with Gasteiger partial charge in [-0.05, 0) is 30.9 Å². The van der Waals surface area contributed by atoms with Crippen molar-refractivity contribution in [3.8, 4) is 0 Å². The van der Waals surface area contributed by atoms with Gasteiger partial charge in [0.25, 0.3) is 9.84 Å². The molecule has 1 atom stereocenters. The first-order chi connectivity index (χ1) is 9.70. The van der Waals surface area contributed by atoms with Crippen molar-refractivity contribution in [2.75, 3.05) is 18.5 Å². The summed E-state index contributed by atoms with van der Waals surface area (Å²) in [6.45, 7) is 2.22. The highest BCUT2D eigenvalue weighted by atomic mass is 32.2. The number of sulfone groups is 1. The molecular weight excluding hydrogens is 307 g/mol. The number of benzene rings is 1. The van der Waals surface area contributed by atoms with E-state index in [-0.39, 0.29) is 18.2 Å². The summed E-state index contributed by atoms with van der Waals surface area (Å²) in [6, 6.07) is 4.95. The quantitative estimate of drug-likeness (QED) is 0.757. The van der Waals surface area contributed by atoms with Gasteiger partial charge in [0.2, 0.25) is 0 Å². The van der Waals surface area contributed by atoms with E-state index < -0.39 is 20.2 Å². The maximum absolute atomic E-state index is 12.6. The van der Waals surface area contributed by atoms with Crippen LogP contribution in [-0.4, -0.2) is 32.2 Å². The number of rotatable bonds is 7. The number of hydrogen-bond donors (Lipinski definition) is 2. The van der Waals surface area contributed by atoms with Gasteiger partial charge in [-0.2, -0.15) is 13.2 Å². The Labute approximate surface area is 121 Å². The third kappa shape index (κ3) is 4.60. The molecule has 1 aromatic carbocycles. The van der Waals surface area contributed by atoms with Crippen LogP contribution in [0.4, 0.5) is 18.9 Å². The molecule has 8 heteroatoms. The second-order valence-corrected chi connectivity index (χ2v) is 6.71. The van der Waals surface area contributed by atoms with E-state index in [4.69, 9.17) is 5.11 Å². The predicted octanol–water partition coefficient (Wildman–Crippen LogP) is 2.80. The van der Waals surface area contributed by atoms with E-state index in [2.05, 4.69) is 5.32 Å². The fraction of sp³-hybridized carbons (Fsp3) is 0.538. The standard InChI is InChI=1S/C13H18F3NO3S/c1-10(9-18)5-4-8-17-11-6-2-3-7-12(11)21(19,20)13(14,15)16/h2-3,6-7,10,17-18H,4-5,8-9H2,1H3. The van der Waals surface area contributed by atoms with E-state index in [9.17, 15) is 21.6 Å². The SMILES string of the molecule is CC(CO)CCCNc1ccccc1S(=O)(=O)C(F)(F)F. The summed E-state index contributed by atoms with van der Waals surface area (Å²) in [5.74, 6) is 0.0981. The van der Waals surface area contributed by atoms with E-state index in [1.807, 2.05) is 6.92 Å². The van der Waals surface area contributed by atoms with Crippen LogP contribution in [-0.2, 0) is 9.84 Å². The van der Waals surface area contributed by atoms with Crippen molar-refractivity contribution >= 4 is 15.5 Å². The van der Waals surface area contributed by atoms with Crippen molar-refractivity contribution in [2.24, 2.45) is 5.92 Å². The molecule has 0 amide bonds. The van der Waals surface area contributed by atoms with Crippen LogP contribution >= 0.6 is 0 Å². The molecule has 1 rings (SSSR count). The molecule has 2 N–H and O–H groups in total. The van der Waals surface area contributed by atoms with Crippen LogP contribution in [0.2, 0.25) is 0 Å². The van der Waals surface area contributed by atoms with Crippen molar-refractivity contribution in [1.29, 1.82) is 0 Å². The van der Waals surface area contributed by atoms with Gasteiger partial charge in [-0.25, -0.2) is 8.42 Å². The van der Waals surface area contributed by atoms with Gasteiger partial charge in [-0.15, -0.1) is 0 Å². The maximum atomic E-state index is 12.6. The van der Waals surface area contributed by atoms with Crippen molar-refractivity contribution in [1.82, 2.24) is 0 Å². The third-order valence-electron chi connectivity index (χ3n) is 2.98. The van der Waals surface area contributed by atoms with Gasteiger partial charge in [-0.1, -0.05) is 19.1 Å². The van der Waals surface area contributed by atoms with E-state index >= 15 is 0 Å². The zero-order valence-electron chi connectivity index (χ0n) is 11.5. The summed E-state index contributed by atoms with van der Waals surface area (Å²) in [5.41, 5.74) is -5.39. The molecule has 120 valence electrons. The molecule has 0 bridgehead atoms. The Morgan fingerprint density at radius 3 is 2.48 bits per heavy atom. The van der Waals surface area contributed by atoms with Gasteiger partial charge in [0.1, 0.15) is 0 Å². The molecule has 0 saturated heterocycles. The number of anilines is 1. The Balaban J connectivity index is 2.82. The molecule has 0 saturated carbocycles. The van der Waals surface area contributed by atoms with Crippen LogP contribution in [0.3, 0.4) is 0 Å². The normalized spacial score (nSPS) is 14.0. The molecule has 1 unspecified atom stereocenters. The van der Waals surface area contributed by atoms with Crippen molar-refractivity contribution < 1.29 is 26.7 Å². The number of aliphatic hydroxyl groups excluding tert-OH is 1. The average molecular weight is 325 g/mol. The first kappa shape index (κ1) is 17.8. The van der Waals surface area contributed by atoms with E-state index in [0.29, 0.717) is 19.4 Å². The van der Waals surface area contributed by atoms with E-state index in [0.717, 1.165) is 6.07 Å². The zero-order valence-corrected chi connectivity index (χ0v) is 12.3. The second kappa shape index (κ2) is 7.13. The maximum Gasteiger partial charge on any atom is 0.501 e. The monoisotopic (exact) mass is 325 g/mol. The van der Waals surface area contributed by atoms with Gasteiger partial charge in [0.05, 0.1) is 10.6 Å². The first-order valence-electron chi connectivity index (χ1n) is 6.45. The van der Waals surface area contributed by atoms with Crippen LogP contribution in [0.1, 0.15) is 19.8 Å². The number of para-hydroxylation sites is 1. The summed E-state index contributed by atoms with van der Waals surface area (Å²) in [7, 11) is -5.37. The molecule has 0 aliphatic rings. The number of aliphatic hydroxyl groups is 1. The molecule has 4 nitrogen and oxygen atoms in total. The Morgan fingerprint density at radius 1 is 1.29 bits per heavy atom. The highest BCUT2D eigenvalue weighted by Crippen LogP contribution is 2.34. The minimum absolute atomic E-state index is 0.0407. The van der Waals surface area contributed by atoms with Crippen molar-refractivity contribution in [3.05, 3.63) is 24.3 Å². The molecule has 0 aliphatic carbocycles. The first-order valence-corrected chi connectivity index (χ1v) is 7.93. The second-order valence-electron chi connectivity index (χ2n) is 4.80. The Bertz CT molecular complexity index is 558. The summed E-state index contributed by atoms with van der Waals surface area (Å²) in [5, 5.41) is 11.6. The number of alkyl halides is 3. The average Bonchev–Trinajstić information content (AvgIpc) is 2.42. The number of hydrogen-bond acceptors (Lipinski definition) is 4. The predicted molar refractivity (Wildman–Crippen MR) is 73.7 cm³/mol. The van der Waals surface area contributed by atoms with Crippen molar-refractivity contribution in [2.45, 2.75) is 30.2 Å². The minimum atomic E-state index is -5.37. The lowest BCUT2D eigenvalue weighted by molar-refractivity contribution is -0.0435. The lowest BCUT2D eigenvalue weighted by Gasteiger charge is -2.14. The van der Waals surface area contributed by atoms with Crippen LogP contribution in [0.5, 0.6) is 0 Å². The minimum Gasteiger partial charge on any atom is -0.396 e. The molecule has 0 aromatic heterocycles. The summed E-state index contributed by atoms with van der Waals surface area (Å²) in [4.78, 5) is -0.771. The lowest BCUT2D eigenvalue weighted by atomic mass is 10.1. The smallest absolute Gasteiger partial charge is 0.396 e. The highest BCUT2D eigenvalue weighted by Gasteiger charge is 2.47. The number of halogens is 3. The Kier molecular flexibility index (Phi) is 6.03. The van der Waals surface area contributed by atoms with Crippen LogP contribution in [0.25, 0.3) is 0 Å². The molecule has 0 spiro atoms. The summed E-state index contributed by atoms with van der Waals surface area (Å²) < 4.78 is 60.7. The van der Waals surface area contributed by atoms with Gasteiger partial charge in [-0.3, -0.25) is 0 Å². The molecule has 21 heavy (non-hydrogen) atoms. The number of nitrogens with one attached hydrogen (secondary N) is 1. The summed E-state index contributed by atoms with van der Waals surface area (Å²) in [6.07, 6.45) is 1.31.